The van der Waals surface area contributed by atoms with E-state index in [4.69, 9.17) is 11.2 Å². The van der Waals surface area contributed by atoms with Crippen molar-refractivity contribution in [2.24, 2.45) is 0 Å². The molecule has 3 nitrogen and oxygen atoms in total. The lowest BCUT2D eigenvalue weighted by molar-refractivity contribution is -0.123. The lowest BCUT2D eigenvalue weighted by Crippen LogP contribution is -2.44. The van der Waals surface area contributed by atoms with Crippen LogP contribution in [0.25, 0.3) is 0 Å². The Labute approximate surface area is 101 Å². The van der Waals surface area contributed by atoms with Crippen molar-refractivity contribution in [3.63, 3.8) is 0 Å². The number of amides is 1. The van der Waals surface area contributed by atoms with Crippen molar-refractivity contribution in [2.45, 2.75) is 25.3 Å². The van der Waals surface area contributed by atoms with E-state index in [0.717, 1.165) is 11.3 Å². The van der Waals surface area contributed by atoms with E-state index in [9.17, 15) is 4.79 Å². The number of fused-ring (bicyclic) bond motifs is 1. The van der Waals surface area contributed by atoms with Gasteiger partial charge in [0.15, 0.2) is 0 Å². The maximum atomic E-state index is 12.1. The van der Waals surface area contributed by atoms with Gasteiger partial charge in [0.05, 0.1) is 5.54 Å². The molecule has 1 unspecified atom stereocenters. The first-order valence-electron chi connectivity index (χ1n) is 5.55. The lowest BCUT2D eigenvalue weighted by atomic mass is 9.98. The molecule has 1 heterocycles. The number of hydrogen-bond donors (Lipinski definition) is 1. The van der Waals surface area contributed by atoms with Gasteiger partial charge in [-0.25, -0.2) is 0 Å². The molecular weight excluding hydrogens is 214 g/mol. The van der Waals surface area contributed by atoms with Gasteiger partial charge in [0.2, 0.25) is 5.91 Å². The van der Waals surface area contributed by atoms with Gasteiger partial charge in [-0.05, 0) is 19.9 Å². The van der Waals surface area contributed by atoms with Crippen LogP contribution in [0.1, 0.15) is 25.3 Å². The van der Waals surface area contributed by atoms with Crippen LogP contribution >= 0.6 is 0 Å². The maximum Gasteiger partial charge on any atom is 0.232 e. The Balaban J connectivity index is 2.16. The summed E-state index contributed by atoms with van der Waals surface area (Å²) in [4.78, 5) is 12.1. The van der Waals surface area contributed by atoms with Crippen LogP contribution in [0.4, 0.5) is 0 Å². The summed E-state index contributed by atoms with van der Waals surface area (Å²) in [6, 6.07) is 7.58. The highest BCUT2D eigenvalue weighted by Gasteiger charge is 2.32. The Bertz CT molecular complexity index is 485. The van der Waals surface area contributed by atoms with Crippen molar-refractivity contribution < 1.29 is 9.53 Å². The highest BCUT2D eigenvalue weighted by Crippen LogP contribution is 2.33. The summed E-state index contributed by atoms with van der Waals surface area (Å²) >= 11 is 0. The van der Waals surface area contributed by atoms with Gasteiger partial charge < -0.3 is 10.1 Å². The number of carbonyl (C=O) groups is 1. The van der Waals surface area contributed by atoms with E-state index in [1.165, 1.54) is 0 Å². The minimum absolute atomic E-state index is 0.0853. The topological polar surface area (TPSA) is 38.3 Å². The molecule has 1 amide bonds. The van der Waals surface area contributed by atoms with Gasteiger partial charge >= 0.3 is 0 Å². The molecule has 1 aromatic carbocycles. The molecule has 0 radical (unpaired) electrons. The molecule has 0 aliphatic carbocycles. The van der Waals surface area contributed by atoms with Crippen LogP contribution in [0, 0.1) is 12.3 Å². The summed E-state index contributed by atoms with van der Waals surface area (Å²) < 4.78 is 5.47. The Kier molecular flexibility index (Phi) is 2.81. The first-order valence-corrected chi connectivity index (χ1v) is 5.55. The number of benzene rings is 1. The number of terminal acetylenes is 1. The molecular formula is C14H15NO2. The van der Waals surface area contributed by atoms with Crippen molar-refractivity contribution >= 4 is 5.91 Å². The highest BCUT2D eigenvalue weighted by molar-refractivity contribution is 5.86. The second-order valence-electron chi connectivity index (χ2n) is 4.66. The second kappa shape index (κ2) is 4.14. The van der Waals surface area contributed by atoms with Crippen LogP contribution in [-0.4, -0.2) is 18.1 Å². The normalized spacial score (nSPS) is 17.8. The minimum Gasteiger partial charge on any atom is -0.492 e. The SMILES string of the molecule is C#CC(C)(C)NC(=O)C1COc2ccccc21. The third-order valence-corrected chi connectivity index (χ3v) is 2.81. The highest BCUT2D eigenvalue weighted by atomic mass is 16.5. The molecule has 0 saturated heterocycles. The van der Waals surface area contributed by atoms with Crippen LogP contribution in [0.3, 0.4) is 0 Å². The zero-order valence-electron chi connectivity index (χ0n) is 9.99. The summed E-state index contributed by atoms with van der Waals surface area (Å²) in [5.74, 6) is 2.98. The Hall–Kier alpha value is -1.95. The van der Waals surface area contributed by atoms with E-state index >= 15 is 0 Å². The summed E-state index contributed by atoms with van der Waals surface area (Å²) in [6.45, 7) is 3.98. The molecule has 1 aliphatic heterocycles. The molecule has 1 aromatic rings. The first kappa shape index (κ1) is 11.5. The van der Waals surface area contributed by atoms with Gasteiger partial charge in [-0.3, -0.25) is 4.79 Å². The van der Waals surface area contributed by atoms with Crippen LogP contribution in [0.15, 0.2) is 24.3 Å². The molecule has 2 rings (SSSR count). The molecule has 0 fully saturated rings. The summed E-state index contributed by atoms with van der Waals surface area (Å²) in [7, 11) is 0. The molecule has 1 atom stereocenters. The second-order valence-corrected chi connectivity index (χ2v) is 4.66. The molecule has 0 spiro atoms. The van der Waals surface area contributed by atoms with Crippen molar-refractivity contribution in [1.29, 1.82) is 0 Å². The van der Waals surface area contributed by atoms with Crippen LogP contribution in [-0.2, 0) is 4.79 Å². The minimum atomic E-state index is -0.630. The van der Waals surface area contributed by atoms with Gasteiger partial charge in [0.1, 0.15) is 18.3 Å². The van der Waals surface area contributed by atoms with Gasteiger partial charge in [-0.1, -0.05) is 24.1 Å². The van der Waals surface area contributed by atoms with E-state index in [1.807, 2.05) is 24.3 Å². The Morgan fingerprint density at radius 2 is 2.24 bits per heavy atom. The fourth-order valence-corrected chi connectivity index (χ4v) is 1.81. The van der Waals surface area contributed by atoms with Crippen LogP contribution in [0.5, 0.6) is 5.75 Å². The Morgan fingerprint density at radius 3 is 2.94 bits per heavy atom. The smallest absolute Gasteiger partial charge is 0.232 e. The number of para-hydroxylation sites is 1. The molecule has 1 aliphatic rings. The average molecular weight is 229 g/mol. The third kappa shape index (κ3) is 2.26. The fourth-order valence-electron chi connectivity index (χ4n) is 1.81. The van der Waals surface area contributed by atoms with E-state index in [0.29, 0.717) is 6.61 Å². The van der Waals surface area contributed by atoms with E-state index < -0.39 is 5.54 Å². The largest absolute Gasteiger partial charge is 0.492 e. The number of nitrogens with one attached hydrogen (secondary N) is 1. The van der Waals surface area contributed by atoms with Crippen molar-refractivity contribution in [1.82, 2.24) is 5.32 Å². The summed E-state index contributed by atoms with van der Waals surface area (Å²) in [5, 5.41) is 2.83. The lowest BCUT2D eigenvalue weighted by Gasteiger charge is -2.21. The quantitative estimate of drug-likeness (QED) is 0.784. The van der Waals surface area contributed by atoms with Crippen LogP contribution < -0.4 is 10.1 Å². The number of hydrogen-bond acceptors (Lipinski definition) is 2. The molecule has 3 heteroatoms. The average Bonchev–Trinajstić information content (AvgIpc) is 2.72. The van der Waals surface area contributed by atoms with Gasteiger partial charge in [-0.2, -0.15) is 0 Å². The van der Waals surface area contributed by atoms with Crippen LogP contribution in [0.2, 0.25) is 0 Å². The van der Waals surface area contributed by atoms with E-state index in [-0.39, 0.29) is 11.8 Å². The standard InChI is InChI=1S/C14H15NO2/c1-4-14(2,3)15-13(16)11-9-17-12-8-6-5-7-10(11)12/h1,5-8,11H,9H2,2-3H3,(H,15,16). The predicted octanol–water partition coefficient (Wildman–Crippen LogP) is 1.69. The molecule has 1 N–H and O–H groups in total. The van der Waals surface area contributed by atoms with E-state index in [2.05, 4.69) is 11.2 Å². The van der Waals surface area contributed by atoms with E-state index in [1.54, 1.807) is 13.8 Å². The van der Waals surface area contributed by atoms with Gasteiger partial charge in [0.25, 0.3) is 0 Å². The molecule has 0 saturated carbocycles. The van der Waals surface area contributed by atoms with Crippen molar-refractivity contribution in [3.8, 4) is 18.1 Å². The number of ether oxygens (including phenoxy) is 1. The monoisotopic (exact) mass is 229 g/mol. The van der Waals surface area contributed by atoms with Crippen molar-refractivity contribution in [3.05, 3.63) is 29.8 Å². The molecule has 0 bridgehead atoms. The first-order chi connectivity index (χ1) is 8.03. The summed E-state index contributed by atoms with van der Waals surface area (Å²) in [6.07, 6.45) is 5.35. The number of rotatable bonds is 2. The van der Waals surface area contributed by atoms with Crippen molar-refractivity contribution in [2.75, 3.05) is 6.61 Å². The zero-order chi connectivity index (χ0) is 12.5. The fraction of sp³-hybridized carbons (Fsp3) is 0.357. The third-order valence-electron chi connectivity index (χ3n) is 2.81. The zero-order valence-corrected chi connectivity index (χ0v) is 9.99. The summed E-state index contributed by atoms with van der Waals surface area (Å²) in [5.41, 5.74) is 0.298. The predicted molar refractivity (Wildman–Crippen MR) is 65.7 cm³/mol. The molecule has 17 heavy (non-hydrogen) atoms. The number of carbonyl (C=O) groups excluding carboxylic acids is 1. The van der Waals surface area contributed by atoms with Gasteiger partial charge in [-0.15, -0.1) is 6.42 Å². The maximum absolute atomic E-state index is 12.1. The van der Waals surface area contributed by atoms with Gasteiger partial charge in [0, 0.05) is 5.56 Å². The molecule has 0 aromatic heterocycles. The molecule has 88 valence electrons. The Morgan fingerprint density at radius 1 is 1.53 bits per heavy atom.